The first-order chi connectivity index (χ1) is 13.1. The van der Waals surface area contributed by atoms with Gasteiger partial charge in [0.15, 0.2) is 9.84 Å². The molecule has 0 saturated carbocycles. The van der Waals surface area contributed by atoms with E-state index in [0.29, 0.717) is 37.3 Å². The van der Waals surface area contributed by atoms with Gasteiger partial charge < -0.3 is 10.2 Å². The fraction of sp³-hybridized carbons (Fsp3) is 0.647. The Hall–Kier alpha value is -1.88. The molecule has 0 aromatic carbocycles. The number of carbonyl (C=O) groups is 1. The summed E-state index contributed by atoms with van der Waals surface area (Å²) in [5.74, 6) is 0.249. The first kappa shape index (κ1) is 20.8. The van der Waals surface area contributed by atoms with Crippen molar-refractivity contribution in [1.29, 1.82) is 0 Å². The highest BCUT2D eigenvalue weighted by Gasteiger charge is 2.32. The van der Waals surface area contributed by atoms with Crippen molar-refractivity contribution in [3.63, 3.8) is 0 Å². The zero-order valence-corrected chi connectivity index (χ0v) is 16.1. The van der Waals surface area contributed by atoms with Crippen molar-refractivity contribution in [1.82, 2.24) is 14.8 Å². The number of piperidine rings is 1. The lowest BCUT2D eigenvalue weighted by Gasteiger charge is -2.33. The van der Waals surface area contributed by atoms with E-state index in [4.69, 9.17) is 0 Å². The molecular formula is C17H23F3N4O3S. The molecule has 0 aliphatic carbocycles. The molecule has 1 N–H and O–H groups in total. The maximum absolute atomic E-state index is 12.4. The third-order valence-electron chi connectivity index (χ3n) is 4.98. The van der Waals surface area contributed by atoms with Crippen LogP contribution in [-0.2, 0) is 9.84 Å². The van der Waals surface area contributed by atoms with Crippen molar-refractivity contribution in [3.8, 4) is 0 Å². The molecule has 156 valence electrons. The molecule has 2 aliphatic rings. The first-order valence-corrected chi connectivity index (χ1v) is 10.9. The predicted molar refractivity (Wildman–Crippen MR) is 97.9 cm³/mol. The number of anilines is 1. The van der Waals surface area contributed by atoms with Crippen molar-refractivity contribution < 1.29 is 26.4 Å². The van der Waals surface area contributed by atoms with Crippen LogP contribution in [0.1, 0.15) is 23.2 Å². The van der Waals surface area contributed by atoms with Crippen LogP contribution in [0.25, 0.3) is 0 Å². The fourth-order valence-electron chi connectivity index (χ4n) is 3.40. The zero-order valence-electron chi connectivity index (χ0n) is 15.3. The Morgan fingerprint density at radius 1 is 1.14 bits per heavy atom. The van der Waals surface area contributed by atoms with Crippen LogP contribution in [0, 0.1) is 0 Å². The van der Waals surface area contributed by atoms with Gasteiger partial charge in [0.05, 0.1) is 23.6 Å². The van der Waals surface area contributed by atoms with Crippen LogP contribution in [0.2, 0.25) is 0 Å². The molecule has 1 aromatic heterocycles. The van der Waals surface area contributed by atoms with Crippen molar-refractivity contribution in [2.75, 3.05) is 49.5 Å². The number of rotatable bonds is 4. The van der Waals surface area contributed by atoms with Gasteiger partial charge in [-0.2, -0.15) is 13.2 Å². The zero-order chi connectivity index (χ0) is 20.4. The van der Waals surface area contributed by atoms with Crippen molar-refractivity contribution in [2.45, 2.75) is 25.1 Å². The van der Waals surface area contributed by atoms with Crippen LogP contribution in [-0.4, -0.2) is 85.6 Å². The lowest BCUT2D eigenvalue weighted by atomic mass is 10.1. The Morgan fingerprint density at radius 3 is 2.32 bits per heavy atom. The Kier molecular flexibility index (Phi) is 6.13. The minimum Gasteiger partial charge on any atom is -0.367 e. The van der Waals surface area contributed by atoms with Gasteiger partial charge in [-0.15, -0.1) is 0 Å². The second-order valence-corrected chi connectivity index (χ2v) is 9.49. The van der Waals surface area contributed by atoms with Gasteiger partial charge in [-0.1, -0.05) is 0 Å². The Morgan fingerprint density at radius 2 is 1.79 bits per heavy atom. The molecular weight excluding hydrogens is 397 g/mol. The summed E-state index contributed by atoms with van der Waals surface area (Å²) >= 11 is 0. The Balaban J connectivity index is 1.49. The molecule has 1 aromatic rings. The molecule has 1 amide bonds. The largest absolute Gasteiger partial charge is 0.401 e. The topological polar surface area (TPSA) is 82.6 Å². The smallest absolute Gasteiger partial charge is 0.367 e. The molecule has 2 fully saturated rings. The number of likely N-dealkylation sites (tertiary alicyclic amines) is 1. The number of alkyl halides is 3. The van der Waals surface area contributed by atoms with Gasteiger partial charge in [-0.3, -0.25) is 9.69 Å². The number of sulfone groups is 1. The summed E-state index contributed by atoms with van der Waals surface area (Å²) in [7, 11) is -3.05. The molecule has 0 bridgehead atoms. The molecule has 11 heteroatoms. The van der Waals surface area contributed by atoms with Gasteiger partial charge in [0.25, 0.3) is 5.91 Å². The quantitative estimate of drug-likeness (QED) is 0.793. The molecule has 3 heterocycles. The van der Waals surface area contributed by atoms with E-state index in [0.717, 1.165) is 0 Å². The third kappa shape index (κ3) is 5.81. The average molecular weight is 420 g/mol. The minimum atomic E-state index is -4.18. The lowest BCUT2D eigenvalue weighted by molar-refractivity contribution is -0.147. The first-order valence-electron chi connectivity index (χ1n) is 9.13. The minimum absolute atomic E-state index is 0.0289. The van der Waals surface area contributed by atoms with E-state index in [1.165, 1.54) is 16.0 Å². The van der Waals surface area contributed by atoms with Gasteiger partial charge in [0.2, 0.25) is 0 Å². The molecule has 7 nitrogen and oxygen atoms in total. The van der Waals surface area contributed by atoms with Crippen molar-refractivity contribution >= 4 is 21.6 Å². The number of pyridine rings is 1. The number of halogens is 3. The number of nitrogens with zero attached hydrogens (tertiary/aromatic N) is 3. The van der Waals surface area contributed by atoms with E-state index in [-0.39, 0.29) is 36.5 Å². The molecule has 3 rings (SSSR count). The summed E-state index contributed by atoms with van der Waals surface area (Å²) in [5, 5.41) is 3.20. The summed E-state index contributed by atoms with van der Waals surface area (Å²) in [6.07, 6.45) is -1.57. The monoisotopic (exact) mass is 420 g/mol. The standard InChI is InChI=1S/C17H23F3N4O3S/c18-17(19,20)12-23-5-3-14(4-6-23)22-15-2-1-13(11-21-15)16(25)24-7-9-28(26,27)10-8-24/h1-2,11,14H,3-10,12H2,(H,21,22). The van der Waals surface area contributed by atoms with Crippen LogP contribution < -0.4 is 5.32 Å². The number of hydrogen-bond acceptors (Lipinski definition) is 6. The summed E-state index contributed by atoms with van der Waals surface area (Å²) in [4.78, 5) is 19.6. The Labute approximate surface area is 161 Å². The second-order valence-electron chi connectivity index (χ2n) is 7.19. The van der Waals surface area contributed by atoms with Gasteiger partial charge in [-0.05, 0) is 25.0 Å². The van der Waals surface area contributed by atoms with E-state index < -0.39 is 22.6 Å². The SMILES string of the molecule is O=C(c1ccc(NC2CCN(CC(F)(F)F)CC2)nc1)N1CCS(=O)(=O)CC1. The predicted octanol–water partition coefficient (Wildman–Crippen LogP) is 1.39. The van der Waals surface area contributed by atoms with Gasteiger partial charge in [0.1, 0.15) is 5.82 Å². The summed E-state index contributed by atoms with van der Waals surface area (Å²) in [6, 6.07) is 3.32. The highest BCUT2D eigenvalue weighted by Crippen LogP contribution is 2.21. The molecule has 0 unspecified atom stereocenters. The molecule has 2 saturated heterocycles. The van der Waals surface area contributed by atoms with E-state index in [1.807, 2.05) is 0 Å². The third-order valence-corrected chi connectivity index (χ3v) is 6.59. The second kappa shape index (κ2) is 8.24. The Bertz CT molecular complexity index is 777. The molecule has 2 aliphatic heterocycles. The molecule has 0 atom stereocenters. The number of hydrogen-bond donors (Lipinski definition) is 1. The highest BCUT2D eigenvalue weighted by atomic mass is 32.2. The number of carbonyl (C=O) groups excluding carboxylic acids is 1. The molecule has 28 heavy (non-hydrogen) atoms. The van der Waals surface area contributed by atoms with Gasteiger partial charge in [-0.25, -0.2) is 13.4 Å². The number of amides is 1. The van der Waals surface area contributed by atoms with E-state index in [1.54, 1.807) is 12.1 Å². The summed E-state index contributed by atoms with van der Waals surface area (Å²) in [6.45, 7) is 0.207. The lowest BCUT2D eigenvalue weighted by Crippen LogP contribution is -2.44. The fourth-order valence-corrected chi connectivity index (χ4v) is 4.60. The van der Waals surface area contributed by atoms with Gasteiger partial charge in [0, 0.05) is 38.4 Å². The van der Waals surface area contributed by atoms with Crippen LogP contribution in [0.4, 0.5) is 19.0 Å². The molecule has 0 radical (unpaired) electrons. The number of nitrogens with one attached hydrogen (secondary N) is 1. The van der Waals surface area contributed by atoms with Crippen molar-refractivity contribution in [3.05, 3.63) is 23.9 Å². The van der Waals surface area contributed by atoms with E-state index in [9.17, 15) is 26.4 Å². The van der Waals surface area contributed by atoms with Crippen LogP contribution in [0.3, 0.4) is 0 Å². The maximum atomic E-state index is 12.4. The van der Waals surface area contributed by atoms with E-state index in [2.05, 4.69) is 10.3 Å². The van der Waals surface area contributed by atoms with Crippen LogP contribution >= 0.6 is 0 Å². The molecule has 0 spiro atoms. The summed E-state index contributed by atoms with van der Waals surface area (Å²) in [5.41, 5.74) is 0.379. The van der Waals surface area contributed by atoms with Crippen molar-refractivity contribution in [2.24, 2.45) is 0 Å². The average Bonchev–Trinajstić information content (AvgIpc) is 2.62. The highest BCUT2D eigenvalue weighted by molar-refractivity contribution is 7.91. The number of aromatic nitrogens is 1. The summed E-state index contributed by atoms with van der Waals surface area (Å²) < 4.78 is 60.2. The van der Waals surface area contributed by atoms with Crippen LogP contribution in [0.15, 0.2) is 18.3 Å². The van der Waals surface area contributed by atoms with Crippen LogP contribution in [0.5, 0.6) is 0 Å². The normalized spacial score (nSPS) is 21.5. The van der Waals surface area contributed by atoms with Gasteiger partial charge >= 0.3 is 6.18 Å². The van der Waals surface area contributed by atoms with E-state index >= 15 is 0 Å². The maximum Gasteiger partial charge on any atom is 0.401 e.